The van der Waals surface area contributed by atoms with E-state index >= 15 is 0 Å². The van der Waals surface area contributed by atoms with Crippen LogP contribution in [-0.4, -0.2) is 49.2 Å². The van der Waals surface area contributed by atoms with E-state index in [1.807, 2.05) is 6.92 Å². The normalized spacial score (nSPS) is 15.1. The number of carbonyl (C=O) groups excluding carboxylic acids is 4. The summed E-state index contributed by atoms with van der Waals surface area (Å²) in [5.74, 6) is -0.972. The van der Waals surface area contributed by atoms with Crippen LogP contribution in [0.4, 0.5) is 21.0 Å². The van der Waals surface area contributed by atoms with Crippen molar-refractivity contribution in [1.82, 2.24) is 10.2 Å². The second kappa shape index (κ2) is 12.6. The van der Waals surface area contributed by atoms with Crippen LogP contribution >= 0.6 is 0 Å². The average Bonchev–Trinajstić information content (AvgIpc) is 2.88. The van der Waals surface area contributed by atoms with E-state index < -0.39 is 24.0 Å². The summed E-state index contributed by atoms with van der Waals surface area (Å²) in [5, 5.41) is 8.34. The lowest BCUT2D eigenvalue weighted by atomic mass is 9.94. The molecule has 0 radical (unpaired) electrons. The standard InChI is InChI=1S/C27H32N4O6/c1-5-7-15-31-17(3)22(25(33)36-4)23(30-27(31)35)19-9-8-10-21(16-19)29-26(34)28-20-13-11-18(12-14-20)24(32)37-6-2/h8-14,16,23H,5-7,15H2,1-4H3,(H,30,35)(H2,28,29,34). The number of carbonyl (C=O) groups is 4. The van der Waals surface area contributed by atoms with E-state index in [1.165, 1.54) is 7.11 Å². The van der Waals surface area contributed by atoms with E-state index in [0.29, 0.717) is 40.3 Å². The first-order valence-electron chi connectivity index (χ1n) is 12.1. The number of hydrogen-bond donors (Lipinski definition) is 3. The molecule has 0 saturated heterocycles. The van der Waals surface area contributed by atoms with Crippen molar-refractivity contribution in [2.75, 3.05) is 30.9 Å². The lowest BCUT2D eigenvalue weighted by Gasteiger charge is -2.35. The number of ether oxygens (including phenoxy) is 2. The summed E-state index contributed by atoms with van der Waals surface area (Å²) in [6.07, 6.45) is 1.70. The molecule has 0 saturated carbocycles. The van der Waals surface area contributed by atoms with Crippen molar-refractivity contribution in [3.8, 4) is 0 Å². The van der Waals surface area contributed by atoms with Gasteiger partial charge in [-0.05, 0) is 62.2 Å². The van der Waals surface area contributed by atoms with Crippen LogP contribution in [0.1, 0.15) is 55.6 Å². The Kier molecular flexibility index (Phi) is 9.26. The Morgan fingerprint density at radius 1 is 1.00 bits per heavy atom. The number of methoxy groups -OCH3 is 1. The molecule has 196 valence electrons. The Morgan fingerprint density at radius 2 is 1.70 bits per heavy atom. The van der Waals surface area contributed by atoms with Crippen molar-refractivity contribution in [3.63, 3.8) is 0 Å². The number of urea groups is 2. The van der Waals surface area contributed by atoms with Gasteiger partial charge in [0.1, 0.15) is 0 Å². The van der Waals surface area contributed by atoms with Crippen molar-refractivity contribution in [3.05, 3.63) is 70.9 Å². The third kappa shape index (κ3) is 6.66. The van der Waals surface area contributed by atoms with E-state index in [-0.39, 0.29) is 12.6 Å². The largest absolute Gasteiger partial charge is 0.466 e. The SMILES string of the molecule is CCCCN1C(=O)NC(c2cccc(NC(=O)Nc3ccc(C(=O)OCC)cc3)c2)C(C(=O)OC)=C1C. The molecule has 3 N–H and O–H groups in total. The summed E-state index contributed by atoms with van der Waals surface area (Å²) >= 11 is 0. The zero-order valence-electron chi connectivity index (χ0n) is 21.4. The molecule has 10 heteroatoms. The molecule has 2 aromatic carbocycles. The van der Waals surface area contributed by atoms with Crippen molar-refractivity contribution in [1.29, 1.82) is 0 Å². The number of amides is 4. The second-order valence-corrected chi connectivity index (χ2v) is 8.38. The summed E-state index contributed by atoms with van der Waals surface area (Å²) < 4.78 is 9.97. The third-order valence-corrected chi connectivity index (χ3v) is 5.87. The lowest BCUT2D eigenvalue weighted by Crippen LogP contribution is -2.48. The molecule has 1 aliphatic heterocycles. The number of unbranched alkanes of at least 4 members (excludes halogenated alkanes) is 1. The zero-order chi connectivity index (χ0) is 26.9. The Labute approximate surface area is 216 Å². The molecule has 1 unspecified atom stereocenters. The van der Waals surface area contributed by atoms with Gasteiger partial charge in [-0.25, -0.2) is 19.2 Å². The smallest absolute Gasteiger partial charge is 0.338 e. The summed E-state index contributed by atoms with van der Waals surface area (Å²) in [5.41, 5.74) is 2.81. The summed E-state index contributed by atoms with van der Waals surface area (Å²) in [6.45, 7) is 6.25. The molecule has 1 heterocycles. The summed E-state index contributed by atoms with van der Waals surface area (Å²) in [7, 11) is 1.30. The Balaban J connectivity index is 1.77. The first-order chi connectivity index (χ1) is 17.8. The van der Waals surface area contributed by atoms with Crippen LogP contribution in [0.3, 0.4) is 0 Å². The van der Waals surface area contributed by atoms with Gasteiger partial charge < -0.3 is 25.4 Å². The maximum Gasteiger partial charge on any atom is 0.338 e. The molecule has 10 nitrogen and oxygen atoms in total. The van der Waals surface area contributed by atoms with E-state index in [4.69, 9.17) is 9.47 Å². The van der Waals surface area contributed by atoms with E-state index in [2.05, 4.69) is 16.0 Å². The van der Waals surface area contributed by atoms with Gasteiger partial charge in [0.05, 0.1) is 30.9 Å². The van der Waals surface area contributed by atoms with E-state index in [0.717, 1.165) is 12.8 Å². The van der Waals surface area contributed by atoms with Crippen LogP contribution < -0.4 is 16.0 Å². The van der Waals surface area contributed by atoms with Gasteiger partial charge >= 0.3 is 24.0 Å². The second-order valence-electron chi connectivity index (χ2n) is 8.38. The predicted molar refractivity (Wildman–Crippen MR) is 139 cm³/mol. The molecule has 2 aromatic rings. The van der Waals surface area contributed by atoms with Crippen LogP contribution in [0, 0.1) is 0 Å². The van der Waals surface area contributed by atoms with Gasteiger partial charge in [-0.15, -0.1) is 0 Å². The van der Waals surface area contributed by atoms with Crippen molar-refractivity contribution < 1.29 is 28.7 Å². The highest BCUT2D eigenvalue weighted by molar-refractivity contribution is 6.00. The molecule has 0 spiro atoms. The highest BCUT2D eigenvalue weighted by Crippen LogP contribution is 2.32. The molecule has 0 bridgehead atoms. The maximum atomic E-state index is 12.8. The molecule has 4 amide bonds. The van der Waals surface area contributed by atoms with Crippen molar-refractivity contribution in [2.45, 2.75) is 39.7 Å². The van der Waals surface area contributed by atoms with Crippen LogP contribution in [-0.2, 0) is 14.3 Å². The van der Waals surface area contributed by atoms with Crippen molar-refractivity contribution >= 4 is 35.4 Å². The average molecular weight is 509 g/mol. The monoisotopic (exact) mass is 508 g/mol. The summed E-state index contributed by atoms with van der Waals surface area (Å²) in [6, 6.07) is 11.6. The van der Waals surface area contributed by atoms with E-state index in [9.17, 15) is 19.2 Å². The first-order valence-corrected chi connectivity index (χ1v) is 12.1. The first kappa shape index (κ1) is 27.3. The van der Waals surface area contributed by atoms with Crippen LogP contribution in [0.15, 0.2) is 59.8 Å². The predicted octanol–water partition coefficient (Wildman–Crippen LogP) is 4.82. The zero-order valence-corrected chi connectivity index (χ0v) is 21.4. The minimum absolute atomic E-state index is 0.276. The van der Waals surface area contributed by atoms with Crippen LogP contribution in [0.5, 0.6) is 0 Å². The van der Waals surface area contributed by atoms with Crippen molar-refractivity contribution in [2.24, 2.45) is 0 Å². The molecular formula is C27H32N4O6. The third-order valence-electron chi connectivity index (χ3n) is 5.87. The summed E-state index contributed by atoms with van der Waals surface area (Å²) in [4.78, 5) is 51.5. The number of benzene rings is 2. The fourth-order valence-electron chi connectivity index (χ4n) is 3.98. The topological polar surface area (TPSA) is 126 Å². The molecule has 3 rings (SSSR count). The van der Waals surface area contributed by atoms with Crippen LogP contribution in [0.2, 0.25) is 0 Å². The minimum Gasteiger partial charge on any atom is -0.466 e. The molecular weight excluding hydrogens is 476 g/mol. The number of nitrogens with zero attached hydrogens (tertiary/aromatic N) is 1. The number of esters is 2. The molecule has 37 heavy (non-hydrogen) atoms. The molecule has 1 aliphatic rings. The number of hydrogen-bond acceptors (Lipinski definition) is 6. The minimum atomic E-state index is -0.738. The maximum absolute atomic E-state index is 12.8. The number of rotatable bonds is 9. The highest BCUT2D eigenvalue weighted by Gasteiger charge is 2.36. The van der Waals surface area contributed by atoms with Gasteiger partial charge in [0.15, 0.2) is 0 Å². The Morgan fingerprint density at radius 3 is 2.35 bits per heavy atom. The Bertz CT molecular complexity index is 1190. The van der Waals surface area contributed by atoms with Crippen LogP contribution in [0.25, 0.3) is 0 Å². The lowest BCUT2D eigenvalue weighted by molar-refractivity contribution is -0.136. The molecule has 0 aromatic heterocycles. The Hall–Kier alpha value is -4.34. The fraction of sp³-hybridized carbons (Fsp3) is 0.333. The van der Waals surface area contributed by atoms with Gasteiger partial charge in [0.2, 0.25) is 0 Å². The van der Waals surface area contributed by atoms with Gasteiger partial charge in [-0.1, -0.05) is 25.5 Å². The highest BCUT2D eigenvalue weighted by atomic mass is 16.5. The molecule has 0 fully saturated rings. The molecule has 1 atom stereocenters. The fourth-order valence-corrected chi connectivity index (χ4v) is 3.98. The van der Waals surface area contributed by atoms with E-state index in [1.54, 1.807) is 67.3 Å². The molecule has 0 aliphatic carbocycles. The number of allylic oxidation sites excluding steroid dienone is 1. The van der Waals surface area contributed by atoms with Gasteiger partial charge in [0, 0.05) is 23.6 Å². The quantitative estimate of drug-likeness (QED) is 0.417. The van der Waals surface area contributed by atoms with Gasteiger partial charge in [0.25, 0.3) is 0 Å². The number of nitrogens with one attached hydrogen (secondary N) is 3. The van der Waals surface area contributed by atoms with Gasteiger partial charge in [-0.2, -0.15) is 0 Å². The number of anilines is 2. The van der Waals surface area contributed by atoms with Gasteiger partial charge in [-0.3, -0.25) is 4.90 Å².